The normalized spacial score (nSPS) is 32.0. The number of rotatable bonds is 2. The predicted octanol–water partition coefficient (Wildman–Crippen LogP) is 5.79. The standard InChI is InChI=1S/C22H32O4/c1-13(2)17-12-18-15(4)9-7-8-14(3)10-11-19-22(6,26-19)21(20(17)25-18)24-16(5)23/h8,12-13,15,19,21H,7,9-11H2,1-6H3/t15-,19-,21-,22+/m0/s1. The quantitative estimate of drug-likeness (QED) is 0.380. The van der Waals surface area contributed by atoms with E-state index in [1.54, 1.807) is 0 Å². The molecule has 1 saturated heterocycles. The Labute approximate surface area is 156 Å². The first kappa shape index (κ1) is 19.2. The first-order valence-electron chi connectivity index (χ1n) is 9.86. The molecule has 1 fully saturated rings. The van der Waals surface area contributed by atoms with Crippen LogP contribution in [0.4, 0.5) is 0 Å². The van der Waals surface area contributed by atoms with E-state index >= 15 is 0 Å². The molecule has 1 aromatic rings. The van der Waals surface area contributed by atoms with Gasteiger partial charge in [-0.1, -0.05) is 32.4 Å². The van der Waals surface area contributed by atoms with Crippen molar-refractivity contribution in [1.29, 1.82) is 0 Å². The molecular formula is C22H32O4. The SMILES string of the molecule is CC(=O)O[C@H]1c2oc(cc2C(C)C)[C@@H](C)CCC=C(C)CC[C@@H]2O[C@]21C. The Morgan fingerprint density at radius 3 is 2.73 bits per heavy atom. The lowest BCUT2D eigenvalue weighted by Gasteiger charge is -2.22. The molecule has 4 atom stereocenters. The molecule has 0 aromatic carbocycles. The molecule has 0 amide bonds. The van der Waals surface area contributed by atoms with Gasteiger partial charge in [0.2, 0.25) is 0 Å². The van der Waals surface area contributed by atoms with E-state index in [0.717, 1.165) is 42.8 Å². The third-order valence-corrected chi connectivity index (χ3v) is 5.83. The van der Waals surface area contributed by atoms with Crippen molar-refractivity contribution in [2.24, 2.45) is 0 Å². The van der Waals surface area contributed by atoms with Gasteiger partial charge in [-0.2, -0.15) is 0 Å². The van der Waals surface area contributed by atoms with Crippen LogP contribution in [0, 0.1) is 0 Å². The van der Waals surface area contributed by atoms with Gasteiger partial charge in [-0.05, 0) is 51.5 Å². The van der Waals surface area contributed by atoms with E-state index in [1.807, 2.05) is 6.92 Å². The molecular weight excluding hydrogens is 328 g/mol. The molecule has 144 valence electrons. The van der Waals surface area contributed by atoms with E-state index in [9.17, 15) is 4.79 Å². The van der Waals surface area contributed by atoms with E-state index in [2.05, 4.69) is 39.8 Å². The Kier molecular flexibility index (Phi) is 5.34. The second kappa shape index (κ2) is 7.22. The van der Waals surface area contributed by atoms with Crippen LogP contribution in [0.3, 0.4) is 0 Å². The van der Waals surface area contributed by atoms with Gasteiger partial charge >= 0.3 is 5.97 Å². The zero-order chi connectivity index (χ0) is 19.1. The number of ether oxygens (including phenoxy) is 2. The average Bonchev–Trinajstić information content (AvgIpc) is 3.02. The van der Waals surface area contributed by atoms with Gasteiger partial charge in [0, 0.05) is 18.4 Å². The monoisotopic (exact) mass is 360 g/mol. The van der Waals surface area contributed by atoms with Gasteiger partial charge in [0.05, 0.1) is 6.10 Å². The molecule has 2 aliphatic rings. The first-order chi connectivity index (χ1) is 12.2. The molecule has 3 heterocycles. The molecule has 0 radical (unpaired) electrons. The first-order valence-corrected chi connectivity index (χ1v) is 9.86. The molecule has 0 spiro atoms. The molecule has 4 nitrogen and oxygen atoms in total. The number of hydrogen-bond donors (Lipinski definition) is 0. The van der Waals surface area contributed by atoms with Crippen LogP contribution in [0.5, 0.6) is 0 Å². The van der Waals surface area contributed by atoms with Crippen LogP contribution >= 0.6 is 0 Å². The Morgan fingerprint density at radius 1 is 1.35 bits per heavy atom. The van der Waals surface area contributed by atoms with Gasteiger partial charge in [-0.15, -0.1) is 0 Å². The maximum Gasteiger partial charge on any atom is 0.303 e. The Balaban J connectivity index is 2.05. The molecule has 0 unspecified atom stereocenters. The lowest BCUT2D eigenvalue weighted by atomic mass is 9.90. The molecule has 2 aliphatic heterocycles. The molecule has 0 N–H and O–H groups in total. The van der Waals surface area contributed by atoms with E-state index in [-0.39, 0.29) is 12.1 Å². The second-order valence-electron chi connectivity index (χ2n) is 8.47. The summed E-state index contributed by atoms with van der Waals surface area (Å²) in [6, 6.07) is 2.16. The van der Waals surface area contributed by atoms with Crippen molar-refractivity contribution < 1.29 is 18.7 Å². The summed E-state index contributed by atoms with van der Waals surface area (Å²) in [6.07, 6.45) is 5.99. The lowest BCUT2D eigenvalue weighted by Crippen LogP contribution is -2.26. The summed E-state index contributed by atoms with van der Waals surface area (Å²) in [5, 5.41) is 0. The molecule has 1 aromatic heterocycles. The lowest BCUT2D eigenvalue weighted by molar-refractivity contribution is -0.151. The Morgan fingerprint density at radius 2 is 2.08 bits per heavy atom. The van der Waals surface area contributed by atoms with Crippen LogP contribution in [-0.2, 0) is 14.3 Å². The second-order valence-corrected chi connectivity index (χ2v) is 8.47. The van der Waals surface area contributed by atoms with Crippen molar-refractivity contribution in [3.05, 3.63) is 34.8 Å². The minimum Gasteiger partial charge on any atom is -0.461 e. The third-order valence-electron chi connectivity index (χ3n) is 5.83. The molecule has 4 heteroatoms. The van der Waals surface area contributed by atoms with E-state index in [1.165, 1.54) is 12.5 Å². The number of hydrogen-bond acceptors (Lipinski definition) is 4. The summed E-state index contributed by atoms with van der Waals surface area (Å²) in [5.74, 6) is 2.07. The van der Waals surface area contributed by atoms with Crippen molar-refractivity contribution in [2.45, 2.75) is 96.9 Å². The zero-order valence-corrected chi connectivity index (χ0v) is 16.9. The third kappa shape index (κ3) is 3.75. The van der Waals surface area contributed by atoms with Crippen LogP contribution in [0.2, 0.25) is 0 Å². The van der Waals surface area contributed by atoms with Crippen molar-refractivity contribution in [3.8, 4) is 0 Å². The highest BCUT2D eigenvalue weighted by Gasteiger charge is 2.61. The van der Waals surface area contributed by atoms with Gasteiger partial charge in [-0.25, -0.2) is 0 Å². The van der Waals surface area contributed by atoms with Gasteiger partial charge in [0.15, 0.2) is 11.9 Å². The predicted molar refractivity (Wildman–Crippen MR) is 101 cm³/mol. The number of furan rings is 1. The van der Waals surface area contributed by atoms with E-state index in [4.69, 9.17) is 13.9 Å². The average molecular weight is 360 g/mol. The largest absolute Gasteiger partial charge is 0.461 e. The molecule has 0 aliphatic carbocycles. The highest BCUT2D eigenvalue weighted by Crippen LogP contribution is 2.52. The van der Waals surface area contributed by atoms with Crippen molar-refractivity contribution in [1.82, 2.24) is 0 Å². The molecule has 3 rings (SSSR count). The minimum atomic E-state index is -0.512. The number of carbonyl (C=O) groups excluding carboxylic acids is 1. The van der Waals surface area contributed by atoms with Gasteiger partial charge in [-0.3, -0.25) is 4.79 Å². The Hall–Kier alpha value is -1.55. The highest BCUT2D eigenvalue weighted by atomic mass is 16.7. The molecule has 2 bridgehead atoms. The van der Waals surface area contributed by atoms with Crippen molar-refractivity contribution in [2.75, 3.05) is 0 Å². The fourth-order valence-electron chi connectivity index (χ4n) is 3.97. The number of epoxide rings is 1. The summed E-state index contributed by atoms with van der Waals surface area (Å²) in [6.45, 7) is 12.2. The van der Waals surface area contributed by atoms with Crippen molar-refractivity contribution >= 4 is 5.97 Å². The van der Waals surface area contributed by atoms with Gasteiger partial charge in [0.1, 0.15) is 11.4 Å². The summed E-state index contributed by atoms with van der Waals surface area (Å²) in [7, 11) is 0. The topological polar surface area (TPSA) is 52.0 Å². The molecule has 26 heavy (non-hydrogen) atoms. The van der Waals surface area contributed by atoms with Crippen molar-refractivity contribution in [3.63, 3.8) is 0 Å². The maximum atomic E-state index is 11.8. The van der Waals surface area contributed by atoms with Gasteiger partial charge in [0.25, 0.3) is 0 Å². The van der Waals surface area contributed by atoms with Crippen LogP contribution in [0.25, 0.3) is 0 Å². The summed E-state index contributed by atoms with van der Waals surface area (Å²) >= 11 is 0. The van der Waals surface area contributed by atoms with Crippen LogP contribution < -0.4 is 0 Å². The van der Waals surface area contributed by atoms with E-state index in [0.29, 0.717) is 11.8 Å². The maximum absolute atomic E-state index is 11.8. The van der Waals surface area contributed by atoms with Crippen LogP contribution in [0.1, 0.15) is 102 Å². The van der Waals surface area contributed by atoms with Crippen LogP contribution in [-0.4, -0.2) is 17.7 Å². The zero-order valence-electron chi connectivity index (χ0n) is 16.9. The fourth-order valence-corrected chi connectivity index (χ4v) is 3.97. The smallest absolute Gasteiger partial charge is 0.303 e. The summed E-state index contributed by atoms with van der Waals surface area (Å²) in [4.78, 5) is 11.8. The highest BCUT2D eigenvalue weighted by molar-refractivity contribution is 5.66. The summed E-state index contributed by atoms with van der Waals surface area (Å²) in [5.41, 5.74) is 2.01. The number of carbonyl (C=O) groups is 1. The van der Waals surface area contributed by atoms with Gasteiger partial charge < -0.3 is 13.9 Å². The minimum absolute atomic E-state index is 0.0851. The fraction of sp³-hybridized carbons (Fsp3) is 0.682. The number of esters is 1. The number of fused-ring (bicyclic) bond motifs is 3. The number of allylic oxidation sites excluding steroid dienone is 2. The van der Waals surface area contributed by atoms with Crippen LogP contribution in [0.15, 0.2) is 22.1 Å². The Bertz CT molecular complexity index is 699. The molecule has 0 saturated carbocycles. The van der Waals surface area contributed by atoms with E-state index < -0.39 is 11.7 Å². The summed E-state index contributed by atoms with van der Waals surface area (Å²) < 4.78 is 18.2.